The molecule has 1 heterocycles. The Hall–Kier alpha value is -2.83. The third-order valence-electron chi connectivity index (χ3n) is 3.38. The fourth-order valence-corrected chi connectivity index (χ4v) is 2.18. The molecule has 5 nitrogen and oxygen atoms in total. The van der Waals surface area contributed by atoms with E-state index in [1.165, 1.54) is 6.92 Å². The van der Waals surface area contributed by atoms with Gasteiger partial charge in [-0.2, -0.15) is 0 Å². The van der Waals surface area contributed by atoms with Crippen molar-refractivity contribution in [3.8, 4) is 17.2 Å². The van der Waals surface area contributed by atoms with Gasteiger partial charge in [-0.05, 0) is 31.2 Å². The van der Waals surface area contributed by atoms with Crippen LogP contribution in [0.5, 0.6) is 17.2 Å². The fourth-order valence-electron chi connectivity index (χ4n) is 2.18. The van der Waals surface area contributed by atoms with Crippen molar-refractivity contribution in [1.29, 1.82) is 0 Å². The second-order valence-electron chi connectivity index (χ2n) is 5.18. The van der Waals surface area contributed by atoms with E-state index in [-0.39, 0.29) is 5.75 Å². The number of fused-ring (bicyclic) bond motifs is 1. The maximum absolute atomic E-state index is 13.6. The van der Waals surface area contributed by atoms with Crippen molar-refractivity contribution >= 4 is 11.6 Å². The molecule has 1 amide bonds. The SMILES string of the molecule is CC(Oc1ccc(F)cc1F)C(=O)Nc1ccc2c(c1)OCCO2. The number of ether oxygens (including phenoxy) is 3. The lowest BCUT2D eigenvalue weighted by Crippen LogP contribution is -2.30. The van der Waals surface area contributed by atoms with Crippen LogP contribution in [-0.4, -0.2) is 25.2 Å². The molecule has 1 N–H and O–H groups in total. The van der Waals surface area contributed by atoms with E-state index in [4.69, 9.17) is 14.2 Å². The van der Waals surface area contributed by atoms with Crippen LogP contribution >= 0.6 is 0 Å². The van der Waals surface area contributed by atoms with Crippen LogP contribution in [-0.2, 0) is 4.79 Å². The summed E-state index contributed by atoms with van der Waals surface area (Å²) >= 11 is 0. The number of nitrogens with one attached hydrogen (secondary N) is 1. The summed E-state index contributed by atoms with van der Waals surface area (Å²) < 4.78 is 42.5. The molecule has 7 heteroatoms. The number of anilines is 1. The summed E-state index contributed by atoms with van der Waals surface area (Å²) in [4.78, 5) is 12.2. The van der Waals surface area contributed by atoms with Crippen LogP contribution in [0.1, 0.15) is 6.92 Å². The van der Waals surface area contributed by atoms with Gasteiger partial charge in [0, 0.05) is 17.8 Å². The third kappa shape index (κ3) is 3.56. The molecule has 0 aliphatic carbocycles. The van der Waals surface area contributed by atoms with Crippen LogP contribution in [0.15, 0.2) is 36.4 Å². The lowest BCUT2D eigenvalue weighted by Gasteiger charge is -2.20. The summed E-state index contributed by atoms with van der Waals surface area (Å²) in [5.74, 6) is -1.10. The van der Waals surface area contributed by atoms with Crippen molar-refractivity contribution < 1.29 is 27.8 Å². The van der Waals surface area contributed by atoms with Crippen LogP contribution in [0.2, 0.25) is 0 Å². The zero-order valence-corrected chi connectivity index (χ0v) is 12.8. The Bertz CT molecular complexity index is 766. The van der Waals surface area contributed by atoms with Gasteiger partial charge in [0.1, 0.15) is 19.0 Å². The van der Waals surface area contributed by atoms with E-state index >= 15 is 0 Å². The Labute approximate surface area is 137 Å². The number of carbonyl (C=O) groups is 1. The molecular formula is C17H15F2NO4. The first-order valence-corrected chi connectivity index (χ1v) is 7.35. The molecule has 0 spiro atoms. The maximum Gasteiger partial charge on any atom is 0.265 e. The van der Waals surface area contributed by atoms with Crippen molar-refractivity contribution in [2.75, 3.05) is 18.5 Å². The maximum atomic E-state index is 13.6. The molecule has 0 bridgehead atoms. The van der Waals surface area contributed by atoms with E-state index in [0.29, 0.717) is 36.5 Å². The molecule has 1 unspecified atom stereocenters. The minimum Gasteiger partial charge on any atom is -0.486 e. The number of carbonyl (C=O) groups excluding carboxylic acids is 1. The Morgan fingerprint density at radius 1 is 1.12 bits per heavy atom. The summed E-state index contributed by atoms with van der Waals surface area (Å²) in [5, 5.41) is 2.65. The smallest absolute Gasteiger partial charge is 0.265 e. The predicted octanol–water partition coefficient (Wildman–Crippen LogP) is 3.14. The molecule has 2 aromatic rings. The summed E-state index contributed by atoms with van der Waals surface area (Å²) in [7, 11) is 0. The topological polar surface area (TPSA) is 56.8 Å². The lowest BCUT2D eigenvalue weighted by molar-refractivity contribution is -0.122. The van der Waals surface area contributed by atoms with Gasteiger partial charge < -0.3 is 19.5 Å². The average Bonchev–Trinajstić information content (AvgIpc) is 2.57. The second kappa shape index (κ2) is 6.74. The summed E-state index contributed by atoms with van der Waals surface area (Å²) in [5.41, 5.74) is 0.499. The molecule has 24 heavy (non-hydrogen) atoms. The lowest BCUT2D eigenvalue weighted by atomic mass is 10.2. The van der Waals surface area contributed by atoms with Gasteiger partial charge in [-0.1, -0.05) is 0 Å². The number of hydrogen-bond donors (Lipinski definition) is 1. The van der Waals surface area contributed by atoms with E-state index in [9.17, 15) is 13.6 Å². The van der Waals surface area contributed by atoms with E-state index < -0.39 is 23.6 Å². The van der Waals surface area contributed by atoms with Crippen LogP contribution in [0.3, 0.4) is 0 Å². The number of hydrogen-bond acceptors (Lipinski definition) is 4. The molecule has 126 valence electrons. The van der Waals surface area contributed by atoms with Gasteiger partial charge in [0.25, 0.3) is 5.91 Å². The molecular weight excluding hydrogens is 320 g/mol. The Morgan fingerprint density at radius 3 is 2.62 bits per heavy atom. The molecule has 1 atom stereocenters. The second-order valence-corrected chi connectivity index (χ2v) is 5.18. The number of halogens is 2. The van der Waals surface area contributed by atoms with Crippen molar-refractivity contribution in [2.24, 2.45) is 0 Å². The molecule has 3 rings (SSSR count). The molecule has 0 fully saturated rings. The highest BCUT2D eigenvalue weighted by Gasteiger charge is 2.18. The highest BCUT2D eigenvalue weighted by molar-refractivity contribution is 5.94. The van der Waals surface area contributed by atoms with Crippen LogP contribution in [0.4, 0.5) is 14.5 Å². The first kappa shape index (κ1) is 16.0. The van der Waals surface area contributed by atoms with Crippen molar-refractivity contribution in [2.45, 2.75) is 13.0 Å². The monoisotopic (exact) mass is 335 g/mol. The first-order valence-electron chi connectivity index (χ1n) is 7.35. The van der Waals surface area contributed by atoms with Crippen LogP contribution in [0, 0.1) is 11.6 Å². The Balaban J connectivity index is 1.65. The minimum atomic E-state index is -0.974. The van der Waals surface area contributed by atoms with Gasteiger partial charge in [0.15, 0.2) is 29.2 Å². The quantitative estimate of drug-likeness (QED) is 0.933. The number of rotatable bonds is 4. The first-order chi connectivity index (χ1) is 11.5. The molecule has 0 aromatic heterocycles. The Morgan fingerprint density at radius 2 is 1.88 bits per heavy atom. The molecule has 0 radical (unpaired) electrons. The standard InChI is InChI=1S/C17H15F2NO4/c1-10(24-14-4-2-11(18)8-13(14)19)17(21)20-12-3-5-15-16(9-12)23-7-6-22-15/h2-5,8-10H,6-7H2,1H3,(H,20,21). The van der Waals surface area contributed by atoms with Gasteiger partial charge in [-0.15, -0.1) is 0 Å². The minimum absolute atomic E-state index is 0.193. The van der Waals surface area contributed by atoms with E-state index in [0.717, 1.165) is 12.1 Å². The number of amides is 1. The molecule has 0 saturated carbocycles. The van der Waals surface area contributed by atoms with Gasteiger partial charge in [0.05, 0.1) is 0 Å². The van der Waals surface area contributed by atoms with Crippen molar-refractivity contribution in [1.82, 2.24) is 0 Å². The highest BCUT2D eigenvalue weighted by Crippen LogP contribution is 2.32. The zero-order valence-electron chi connectivity index (χ0n) is 12.8. The van der Waals surface area contributed by atoms with E-state index in [1.807, 2.05) is 0 Å². The Kier molecular flexibility index (Phi) is 4.50. The normalized spacial score (nSPS) is 14.0. The van der Waals surface area contributed by atoms with Crippen LogP contribution < -0.4 is 19.5 Å². The molecule has 2 aromatic carbocycles. The largest absolute Gasteiger partial charge is 0.486 e. The summed E-state index contributed by atoms with van der Waals surface area (Å²) in [6, 6.07) is 7.88. The van der Waals surface area contributed by atoms with Gasteiger partial charge in [-0.25, -0.2) is 8.78 Å². The highest BCUT2D eigenvalue weighted by atomic mass is 19.1. The van der Waals surface area contributed by atoms with Gasteiger partial charge >= 0.3 is 0 Å². The third-order valence-corrected chi connectivity index (χ3v) is 3.38. The van der Waals surface area contributed by atoms with Gasteiger partial charge in [0.2, 0.25) is 0 Å². The average molecular weight is 335 g/mol. The fraction of sp³-hybridized carbons (Fsp3) is 0.235. The van der Waals surface area contributed by atoms with E-state index in [1.54, 1.807) is 18.2 Å². The van der Waals surface area contributed by atoms with Gasteiger partial charge in [-0.3, -0.25) is 4.79 Å². The summed E-state index contributed by atoms with van der Waals surface area (Å²) in [6.45, 7) is 2.39. The zero-order chi connectivity index (χ0) is 17.1. The van der Waals surface area contributed by atoms with Crippen molar-refractivity contribution in [3.63, 3.8) is 0 Å². The molecule has 1 aliphatic heterocycles. The van der Waals surface area contributed by atoms with E-state index in [2.05, 4.69) is 5.32 Å². The summed E-state index contributed by atoms with van der Waals surface area (Å²) in [6.07, 6.45) is -0.974. The van der Waals surface area contributed by atoms with Crippen molar-refractivity contribution in [3.05, 3.63) is 48.0 Å². The predicted molar refractivity (Wildman–Crippen MR) is 82.5 cm³/mol. The number of benzene rings is 2. The molecule has 0 saturated heterocycles. The van der Waals surface area contributed by atoms with Crippen LogP contribution in [0.25, 0.3) is 0 Å². The molecule has 1 aliphatic rings.